The molecule has 0 bridgehead atoms. The molecule has 1 aromatic rings. The van der Waals surface area contributed by atoms with Crippen LogP contribution in [0.25, 0.3) is 0 Å². The van der Waals surface area contributed by atoms with Gasteiger partial charge in [0, 0.05) is 23.5 Å². The third kappa shape index (κ3) is 4.03. The molecular weight excluding hydrogens is 266 g/mol. The standard InChI is InChI=1S/C16H29N3S/c1-11-10-20-15(18-11)9-14(19-17)12-5-7-13(8-6-12)16(2,3)4/h10,12-14,19H,5-9,17H2,1-4H3. The van der Waals surface area contributed by atoms with E-state index in [-0.39, 0.29) is 0 Å². The molecule has 0 spiro atoms. The van der Waals surface area contributed by atoms with Crippen molar-refractivity contribution in [1.29, 1.82) is 0 Å². The molecule has 1 heterocycles. The van der Waals surface area contributed by atoms with Gasteiger partial charge in [0.15, 0.2) is 0 Å². The molecule has 1 aliphatic carbocycles. The first-order valence-corrected chi connectivity index (χ1v) is 8.65. The lowest BCUT2D eigenvalue weighted by molar-refractivity contribution is 0.132. The van der Waals surface area contributed by atoms with E-state index >= 15 is 0 Å². The van der Waals surface area contributed by atoms with Crippen molar-refractivity contribution in [3.8, 4) is 0 Å². The maximum atomic E-state index is 5.81. The van der Waals surface area contributed by atoms with Gasteiger partial charge in [0.1, 0.15) is 0 Å². The number of rotatable bonds is 4. The zero-order chi connectivity index (χ0) is 14.8. The van der Waals surface area contributed by atoms with E-state index in [9.17, 15) is 0 Å². The molecule has 1 saturated carbocycles. The number of hydrazine groups is 1. The molecule has 0 amide bonds. The summed E-state index contributed by atoms with van der Waals surface area (Å²) in [5.41, 5.74) is 4.62. The normalized spacial score (nSPS) is 25.6. The van der Waals surface area contributed by atoms with Crippen molar-refractivity contribution >= 4 is 11.3 Å². The zero-order valence-electron chi connectivity index (χ0n) is 13.3. The van der Waals surface area contributed by atoms with Gasteiger partial charge in [-0.1, -0.05) is 20.8 Å². The van der Waals surface area contributed by atoms with E-state index in [4.69, 9.17) is 5.84 Å². The molecule has 0 radical (unpaired) electrons. The molecule has 0 aliphatic heterocycles. The molecule has 3 nitrogen and oxygen atoms in total. The minimum atomic E-state index is 0.376. The van der Waals surface area contributed by atoms with Gasteiger partial charge in [0.2, 0.25) is 0 Å². The Balaban J connectivity index is 1.90. The topological polar surface area (TPSA) is 50.9 Å². The largest absolute Gasteiger partial charge is 0.271 e. The smallest absolute Gasteiger partial charge is 0.0944 e. The Bertz CT molecular complexity index is 414. The van der Waals surface area contributed by atoms with E-state index in [1.807, 2.05) is 0 Å². The Morgan fingerprint density at radius 1 is 1.35 bits per heavy atom. The van der Waals surface area contributed by atoms with Gasteiger partial charge in [-0.25, -0.2) is 4.98 Å². The van der Waals surface area contributed by atoms with Crippen LogP contribution in [0.4, 0.5) is 0 Å². The second kappa shape index (κ2) is 6.54. The molecule has 1 unspecified atom stereocenters. The summed E-state index contributed by atoms with van der Waals surface area (Å²) < 4.78 is 0. The second-order valence-electron chi connectivity index (χ2n) is 7.34. The summed E-state index contributed by atoms with van der Waals surface area (Å²) >= 11 is 1.76. The fraction of sp³-hybridized carbons (Fsp3) is 0.812. The van der Waals surface area contributed by atoms with Gasteiger partial charge in [-0.15, -0.1) is 11.3 Å². The molecule has 20 heavy (non-hydrogen) atoms. The number of aromatic nitrogens is 1. The van der Waals surface area contributed by atoms with Crippen LogP contribution in [0.15, 0.2) is 5.38 Å². The predicted molar refractivity (Wildman–Crippen MR) is 86.6 cm³/mol. The maximum Gasteiger partial charge on any atom is 0.0944 e. The number of nitrogens with one attached hydrogen (secondary N) is 1. The van der Waals surface area contributed by atoms with Crippen LogP contribution in [-0.2, 0) is 6.42 Å². The highest BCUT2D eigenvalue weighted by Gasteiger charge is 2.32. The van der Waals surface area contributed by atoms with Crippen LogP contribution in [-0.4, -0.2) is 11.0 Å². The van der Waals surface area contributed by atoms with Gasteiger partial charge >= 0.3 is 0 Å². The highest BCUT2D eigenvalue weighted by Crippen LogP contribution is 2.41. The van der Waals surface area contributed by atoms with Gasteiger partial charge in [-0.05, 0) is 49.9 Å². The summed E-state index contributed by atoms with van der Waals surface area (Å²) in [4.78, 5) is 4.57. The molecule has 1 atom stereocenters. The van der Waals surface area contributed by atoms with Crippen LogP contribution in [0.1, 0.15) is 57.2 Å². The Morgan fingerprint density at radius 2 is 2.00 bits per heavy atom. The van der Waals surface area contributed by atoms with E-state index in [0.29, 0.717) is 17.4 Å². The Hall–Kier alpha value is -0.450. The third-order valence-corrected chi connectivity index (χ3v) is 5.83. The van der Waals surface area contributed by atoms with Crippen molar-refractivity contribution in [2.45, 2.75) is 65.8 Å². The fourth-order valence-corrected chi connectivity index (χ4v) is 4.27. The average molecular weight is 295 g/mol. The third-order valence-electron chi connectivity index (χ3n) is 4.84. The summed E-state index contributed by atoms with van der Waals surface area (Å²) in [7, 11) is 0. The molecule has 0 aromatic carbocycles. The van der Waals surface area contributed by atoms with Gasteiger partial charge < -0.3 is 0 Å². The average Bonchev–Trinajstić information content (AvgIpc) is 2.81. The molecular formula is C16H29N3S. The van der Waals surface area contributed by atoms with Gasteiger partial charge in [0.25, 0.3) is 0 Å². The lowest BCUT2D eigenvalue weighted by Gasteiger charge is -2.39. The second-order valence-corrected chi connectivity index (χ2v) is 8.28. The first kappa shape index (κ1) is 15.9. The molecule has 114 valence electrons. The quantitative estimate of drug-likeness (QED) is 0.658. The first-order chi connectivity index (χ1) is 9.40. The zero-order valence-corrected chi connectivity index (χ0v) is 14.1. The van der Waals surface area contributed by atoms with Gasteiger partial charge in [-0.2, -0.15) is 0 Å². The minimum absolute atomic E-state index is 0.376. The number of nitrogens with two attached hydrogens (primary N) is 1. The lowest BCUT2D eigenvalue weighted by atomic mass is 9.68. The van der Waals surface area contributed by atoms with E-state index < -0.39 is 0 Å². The number of aryl methyl sites for hydroxylation is 1. The van der Waals surface area contributed by atoms with Crippen molar-refractivity contribution in [3.05, 3.63) is 16.1 Å². The Kier molecular flexibility index (Phi) is 5.21. The van der Waals surface area contributed by atoms with Crippen molar-refractivity contribution in [1.82, 2.24) is 10.4 Å². The summed E-state index contributed by atoms with van der Waals surface area (Å²) in [6.45, 7) is 9.17. The van der Waals surface area contributed by atoms with Crippen LogP contribution in [0, 0.1) is 24.2 Å². The SMILES string of the molecule is Cc1csc(CC(NN)C2CCC(C(C)(C)C)CC2)n1. The Labute approximate surface area is 127 Å². The summed E-state index contributed by atoms with van der Waals surface area (Å²) in [5, 5.41) is 3.34. The van der Waals surface area contributed by atoms with Gasteiger partial charge in [0.05, 0.1) is 5.01 Å². The highest BCUT2D eigenvalue weighted by atomic mass is 32.1. The van der Waals surface area contributed by atoms with Crippen LogP contribution in [0.3, 0.4) is 0 Å². The van der Waals surface area contributed by atoms with Crippen molar-refractivity contribution in [2.75, 3.05) is 0 Å². The number of thiazole rings is 1. The monoisotopic (exact) mass is 295 g/mol. The van der Waals surface area contributed by atoms with Crippen molar-refractivity contribution in [3.63, 3.8) is 0 Å². The first-order valence-electron chi connectivity index (χ1n) is 7.77. The van der Waals surface area contributed by atoms with Crippen LogP contribution >= 0.6 is 11.3 Å². The molecule has 0 saturated heterocycles. The van der Waals surface area contributed by atoms with Crippen LogP contribution in [0.2, 0.25) is 0 Å². The van der Waals surface area contributed by atoms with Crippen LogP contribution in [0.5, 0.6) is 0 Å². The fourth-order valence-electron chi connectivity index (χ4n) is 3.43. The van der Waals surface area contributed by atoms with Crippen molar-refractivity contribution < 1.29 is 0 Å². The van der Waals surface area contributed by atoms with E-state index in [2.05, 4.69) is 43.5 Å². The number of nitrogens with zero attached hydrogens (tertiary/aromatic N) is 1. The highest BCUT2D eigenvalue weighted by molar-refractivity contribution is 7.09. The molecule has 1 fully saturated rings. The van der Waals surface area contributed by atoms with E-state index in [0.717, 1.165) is 18.0 Å². The summed E-state index contributed by atoms with van der Waals surface area (Å²) in [6.07, 6.45) is 6.23. The molecule has 2 rings (SSSR count). The minimum Gasteiger partial charge on any atom is -0.271 e. The van der Waals surface area contributed by atoms with Gasteiger partial charge in [-0.3, -0.25) is 11.3 Å². The molecule has 3 N–H and O–H groups in total. The molecule has 4 heteroatoms. The van der Waals surface area contributed by atoms with Crippen LogP contribution < -0.4 is 11.3 Å². The van der Waals surface area contributed by atoms with E-state index in [1.54, 1.807) is 11.3 Å². The molecule has 1 aliphatic rings. The van der Waals surface area contributed by atoms with Crippen molar-refractivity contribution in [2.24, 2.45) is 23.1 Å². The summed E-state index contributed by atoms with van der Waals surface area (Å²) in [5.74, 6) is 7.36. The predicted octanol–water partition coefficient (Wildman–Crippen LogP) is 3.68. The maximum absolute atomic E-state index is 5.81. The Morgan fingerprint density at radius 3 is 2.45 bits per heavy atom. The lowest BCUT2D eigenvalue weighted by Crippen LogP contribution is -2.44. The molecule has 1 aromatic heterocycles. The number of hydrogen-bond acceptors (Lipinski definition) is 4. The number of hydrogen-bond donors (Lipinski definition) is 2. The van der Waals surface area contributed by atoms with E-state index in [1.165, 1.54) is 30.7 Å². The summed E-state index contributed by atoms with van der Waals surface area (Å²) in [6, 6.07) is 0.376.